The van der Waals surface area contributed by atoms with Crippen molar-refractivity contribution >= 4 is 22.5 Å². The zero-order valence-corrected chi connectivity index (χ0v) is 18.2. The summed E-state index contributed by atoms with van der Waals surface area (Å²) in [7, 11) is 0. The molecule has 1 unspecified atom stereocenters. The minimum Gasteiger partial charge on any atom is -0.474 e. The summed E-state index contributed by atoms with van der Waals surface area (Å²) in [5.74, 6) is 0.732. The van der Waals surface area contributed by atoms with Gasteiger partial charge in [-0.25, -0.2) is 9.97 Å². The molecule has 1 aromatic heterocycles. The summed E-state index contributed by atoms with van der Waals surface area (Å²) in [6, 6.07) is 6.31. The predicted molar refractivity (Wildman–Crippen MR) is 118 cm³/mol. The first-order valence-electron chi connectivity index (χ1n) is 11.4. The Morgan fingerprint density at radius 2 is 2.00 bits per heavy atom. The van der Waals surface area contributed by atoms with Crippen LogP contribution in [0.5, 0.6) is 5.88 Å². The number of nitrogens with zero attached hydrogens (tertiary/aromatic N) is 5. The van der Waals surface area contributed by atoms with E-state index in [0.29, 0.717) is 31.9 Å². The molecular formula is C23H31N5O3. The molecule has 166 valence electrons. The van der Waals surface area contributed by atoms with Gasteiger partial charge in [0.05, 0.1) is 23.0 Å². The molecule has 5 rings (SSSR count). The van der Waals surface area contributed by atoms with Gasteiger partial charge in [-0.3, -0.25) is 9.69 Å². The maximum absolute atomic E-state index is 11.6. The van der Waals surface area contributed by atoms with Crippen LogP contribution in [0.3, 0.4) is 0 Å². The number of carbonyl (C=O) groups excluding carboxylic acids is 1. The number of benzene rings is 1. The normalized spacial score (nSPS) is 25.1. The highest BCUT2D eigenvalue weighted by Crippen LogP contribution is 2.31. The lowest BCUT2D eigenvalue weighted by Crippen LogP contribution is -2.53. The molecule has 1 N–H and O–H groups in total. The van der Waals surface area contributed by atoms with Gasteiger partial charge in [-0.05, 0) is 43.9 Å². The van der Waals surface area contributed by atoms with Crippen LogP contribution in [0.2, 0.25) is 0 Å². The van der Waals surface area contributed by atoms with Crippen LogP contribution in [0.4, 0.5) is 5.69 Å². The van der Waals surface area contributed by atoms with Gasteiger partial charge in [-0.15, -0.1) is 0 Å². The van der Waals surface area contributed by atoms with Crippen LogP contribution >= 0.6 is 0 Å². The van der Waals surface area contributed by atoms with Crippen LogP contribution in [0.15, 0.2) is 24.5 Å². The number of carbonyl (C=O) groups is 1. The first-order valence-corrected chi connectivity index (χ1v) is 11.4. The lowest BCUT2D eigenvalue weighted by molar-refractivity contribution is -0.128. The second-order valence-corrected chi connectivity index (χ2v) is 9.23. The number of ether oxygens (including phenoxy) is 1. The highest BCUT2D eigenvalue weighted by atomic mass is 16.5. The zero-order chi connectivity index (χ0) is 21.4. The Hall–Kier alpha value is -2.45. The van der Waals surface area contributed by atoms with Gasteiger partial charge in [-0.2, -0.15) is 0 Å². The molecule has 0 radical (unpaired) electrons. The average molecular weight is 426 g/mol. The summed E-state index contributed by atoms with van der Waals surface area (Å²) in [4.78, 5) is 26.8. The van der Waals surface area contributed by atoms with Crippen molar-refractivity contribution < 1.29 is 14.6 Å². The molecule has 2 aromatic rings. The minimum absolute atomic E-state index is 0.0432. The quantitative estimate of drug-likeness (QED) is 0.780. The smallest absolute Gasteiger partial charge is 0.224 e. The fraction of sp³-hybridized carbons (Fsp3) is 0.609. The van der Waals surface area contributed by atoms with Crippen molar-refractivity contribution in [1.82, 2.24) is 19.8 Å². The maximum atomic E-state index is 11.6. The molecule has 1 atom stereocenters. The molecule has 1 aromatic carbocycles. The molecule has 3 fully saturated rings. The molecule has 0 spiro atoms. The number of aliphatic hydroxyl groups is 1. The van der Waals surface area contributed by atoms with E-state index in [2.05, 4.69) is 31.9 Å². The van der Waals surface area contributed by atoms with Gasteiger partial charge in [0.2, 0.25) is 11.8 Å². The number of piperazine rings is 1. The summed E-state index contributed by atoms with van der Waals surface area (Å²) in [6.45, 7) is 6.84. The van der Waals surface area contributed by atoms with E-state index in [4.69, 9.17) is 4.74 Å². The van der Waals surface area contributed by atoms with Crippen molar-refractivity contribution in [3.63, 3.8) is 0 Å². The van der Waals surface area contributed by atoms with E-state index < -0.39 is 5.60 Å². The highest BCUT2D eigenvalue weighted by molar-refractivity contribution is 5.86. The van der Waals surface area contributed by atoms with Gasteiger partial charge in [0.1, 0.15) is 12.4 Å². The third-order valence-corrected chi connectivity index (χ3v) is 6.95. The Morgan fingerprint density at radius 3 is 2.68 bits per heavy atom. The fourth-order valence-electron chi connectivity index (χ4n) is 4.79. The van der Waals surface area contributed by atoms with E-state index in [1.54, 1.807) is 18.2 Å². The topological polar surface area (TPSA) is 82.0 Å². The van der Waals surface area contributed by atoms with Crippen LogP contribution in [-0.4, -0.2) is 88.3 Å². The van der Waals surface area contributed by atoms with E-state index in [1.165, 1.54) is 6.42 Å². The first-order chi connectivity index (χ1) is 15.0. The number of aromatic nitrogens is 2. The Kier molecular flexibility index (Phi) is 5.44. The van der Waals surface area contributed by atoms with E-state index in [1.807, 2.05) is 6.07 Å². The predicted octanol–water partition coefficient (Wildman–Crippen LogP) is 1.67. The van der Waals surface area contributed by atoms with Crippen molar-refractivity contribution in [1.29, 1.82) is 0 Å². The molecule has 1 aliphatic carbocycles. The third kappa shape index (κ3) is 4.32. The molecule has 1 saturated carbocycles. The number of hydrogen-bond donors (Lipinski definition) is 1. The fourth-order valence-corrected chi connectivity index (χ4v) is 4.79. The first kappa shape index (κ1) is 20.5. The van der Waals surface area contributed by atoms with Crippen molar-refractivity contribution in [2.24, 2.45) is 0 Å². The standard InChI is InChI=1S/C23H31N5O3/c1-17(29)28-8-7-23(30,15-28)14-26-9-11-27(12-10-26)18-5-6-21-20(13-18)22(25-16-24-21)31-19-3-2-4-19/h5-6,13,16,19,30H,2-4,7-12,14-15H2,1H3. The molecular weight excluding hydrogens is 394 g/mol. The number of β-amino-alcohol motifs (C(OH)–C–C–N with tert-alkyl or cyclic N) is 1. The molecule has 31 heavy (non-hydrogen) atoms. The average Bonchev–Trinajstić information content (AvgIpc) is 3.13. The summed E-state index contributed by atoms with van der Waals surface area (Å²) < 4.78 is 6.10. The van der Waals surface area contributed by atoms with Crippen molar-refractivity contribution in [2.75, 3.05) is 50.7 Å². The van der Waals surface area contributed by atoms with Gasteiger partial charge < -0.3 is 19.6 Å². The number of anilines is 1. The molecule has 2 saturated heterocycles. The summed E-state index contributed by atoms with van der Waals surface area (Å²) >= 11 is 0. The molecule has 2 aliphatic heterocycles. The van der Waals surface area contributed by atoms with Gasteiger partial charge in [0.25, 0.3) is 0 Å². The van der Waals surface area contributed by atoms with E-state index in [0.717, 1.165) is 55.6 Å². The van der Waals surface area contributed by atoms with Crippen LogP contribution in [0.1, 0.15) is 32.6 Å². The van der Waals surface area contributed by atoms with Gasteiger partial charge >= 0.3 is 0 Å². The van der Waals surface area contributed by atoms with Crippen molar-refractivity contribution in [3.8, 4) is 5.88 Å². The molecule has 3 aliphatic rings. The van der Waals surface area contributed by atoms with Crippen LogP contribution in [0, 0.1) is 0 Å². The number of amides is 1. The number of rotatable bonds is 5. The van der Waals surface area contributed by atoms with Crippen LogP contribution in [-0.2, 0) is 4.79 Å². The maximum Gasteiger partial charge on any atom is 0.224 e. The van der Waals surface area contributed by atoms with Crippen molar-refractivity contribution in [3.05, 3.63) is 24.5 Å². The molecule has 8 nitrogen and oxygen atoms in total. The van der Waals surface area contributed by atoms with Gasteiger partial charge in [0.15, 0.2) is 0 Å². The monoisotopic (exact) mass is 425 g/mol. The van der Waals surface area contributed by atoms with Gasteiger partial charge in [0, 0.05) is 51.9 Å². The number of hydrogen-bond acceptors (Lipinski definition) is 7. The van der Waals surface area contributed by atoms with E-state index in [9.17, 15) is 9.90 Å². The summed E-state index contributed by atoms with van der Waals surface area (Å²) in [5.41, 5.74) is 1.27. The second kappa shape index (κ2) is 8.24. The minimum atomic E-state index is -0.790. The molecule has 8 heteroatoms. The van der Waals surface area contributed by atoms with Crippen LogP contribution < -0.4 is 9.64 Å². The van der Waals surface area contributed by atoms with Crippen molar-refractivity contribution in [2.45, 2.75) is 44.3 Å². The zero-order valence-electron chi connectivity index (χ0n) is 18.2. The summed E-state index contributed by atoms with van der Waals surface area (Å²) in [6.07, 6.45) is 5.95. The highest BCUT2D eigenvalue weighted by Gasteiger charge is 2.39. The van der Waals surface area contributed by atoms with Crippen LogP contribution in [0.25, 0.3) is 10.9 Å². The Morgan fingerprint density at radius 1 is 1.19 bits per heavy atom. The Bertz CT molecular complexity index is 957. The van der Waals surface area contributed by atoms with Gasteiger partial charge in [-0.1, -0.05) is 0 Å². The largest absolute Gasteiger partial charge is 0.474 e. The Balaban J connectivity index is 1.23. The SMILES string of the molecule is CC(=O)N1CCC(O)(CN2CCN(c3ccc4ncnc(OC5CCC5)c4c3)CC2)C1. The second-order valence-electron chi connectivity index (χ2n) is 9.23. The Labute approximate surface area is 182 Å². The third-order valence-electron chi connectivity index (χ3n) is 6.95. The molecule has 0 bridgehead atoms. The molecule has 3 heterocycles. The van der Waals surface area contributed by atoms with E-state index >= 15 is 0 Å². The van der Waals surface area contributed by atoms with E-state index in [-0.39, 0.29) is 12.0 Å². The lowest BCUT2D eigenvalue weighted by Gasteiger charge is -2.39. The number of likely N-dealkylation sites (tertiary alicyclic amines) is 1. The summed E-state index contributed by atoms with van der Waals surface area (Å²) in [5, 5.41) is 11.9. The number of fused-ring (bicyclic) bond motifs is 1. The lowest BCUT2D eigenvalue weighted by atomic mass is 9.96. The molecule has 1 amide bonds.